The number of aliphatic hydroxyl groups is 1. The second kappa shape index (κ2) is 8.92. The fourth-order valence-electron chi connectivity index (χ4n) is 3.87. The number of benzene rings is 3. The molecule has 0 radical (unpaired) electrons. The molecule has 5 nitrogen and oxygen atoms in total. The zero-order valence-electron chi connectivity index (χ0n) is 16.8. The van der Waals surface area contributed by atoms with E-state index in [-0.39, 0.29) is 24.6 Å². The number of rotatable bonds is 6. The predicted octanol–water partition coefficient (Wildman–Crippen LogP) is 5.16. The summed E-state index contributed by atoms with van der Waals surface area (Å²) in [6.07, 6.45) is -6.79. The van der Waals surface area contributed by atoms with Crippen LogP contribution in [0.3, 0.4) is 0 Å². The van der Waals surface area contributed by atoms with Crippen LogP contribution in [0.15, 0.2) is 72.8 Å². The van der Waals surface area contributed by atoms with E-state index in [2.05, 4.69) is 10.1 Å². The number of alkyl carbamates (subject to hydrolysis) is 1. The molecule has 8 heteroatoms. The summed E-state index contributed by atoms with van der Waals surface area (Å²) in [5.74, 6) is -0.551. The lowest BCUT2D eigenvalue weighted by Gasteiger charge is -2.16. The van der Waals surface area contributed by atoms with E-state index in [1.807, 2.05) is 48.5 Å². The summed E-state index contributed by atoms with van der Waals surface area (Å²) < 4.78 is 46.3. The highest BCUT2D eigenvalue weighted by Crippen LogP contribution is 2.44. The third-order valence-corrected chi connectivity index (χ3v) is 5.26. The molecule has 32 heavy (non-hydrogen) atoms. The van der Waals surface area contributed by atoms with Gasteiger partial charge in [-0.1, -0.05) is 60.7 Å². The number of hydrogen-bond donors (Lipinski definition) is 2. The lowest BCUT2D eigenvalue weighted by molar-refractivity contribution is -0.274. The number of ether oxygens (including phenoxy) is 2. The van der Waals surface area contributed by atoms with Crippen LogP contribution in [0.1, 0.15) is 28.7 Å². The van der Waals surface area contributed by atoms with Gasteiger partial charge in [-0.2, -0.15) is 0 Å². The van der Waals surface area contributed by atoms with Gasteiger partial charge in [0.1, 0.15) is 12.4 Å². The van der Waals surface area contributed by atoms with E-state index in [0.717, 1.165) is 34.4 Å². The molecule has 1 atom stereocenters. The van der Waals surface area contributed by atoms with Crippen LogP contribution < -0.4 is 10.1 Å². The second-order valence-electron chi connectivity index (χ2n) is 7.34. The van der Waals surface area contributed by atoms with Crippen LogP contribution in [0.2, 0.25) is 0 Å². The molecule has 0 spiro atoms. The van der Waals surface area contributed by atoms with E-state index >= 15 is 0 Å². The third kappa shape index (κ3) is 4.86. The molecule has 3 aromatic rings. The largest absolute Gasteiger partial charge is 0.573 e. The van der Waals surface area contributed by atoms with Gasteiger partial charge >= 0.3 is 12.5 Å². The summed E-state index contributed by atoms with van der Waals surface area (Å²) >= 11 is 0. The Kier molecular flexibility index (Phi) is 6.05. The number of carbonyl (C=O) groups excluding carboxylic acids is 1. The lowest BCUT2D eigenvalue weighted by atomic mass is 9.98. The lowest BCUT2D eigenvalue weighted by Crippen LogP contribution is -2.30. The van der Waals surface area contributed by atoms with Crippen molar-refractivity contribution in [2.75, 3.05) is 13.2 Å². The van der Waals surface area contributed by atoms with Crippen LogP contribution >= 0.6 is 0 Å². The highest BCUT2D eigenvalue weighted by Gasteiger charge is 2.31. The van der Waals surface area contributed by atoms with Crippen molar-refractivity contribution in [2.45, 2.75) is 18.4 Å². The molecule has 0 bridgehead atoms. The SMILES string of the molecule is O=C(NCC(O)c1cccc(OC(F)(F)F)c1)OCC1c2ccccc2-c2ccccc21. The van der Waals surface area contributed by atoms with Crippen molar-refractivity contribution < 1.29 is 32.5 Å². The van der Waals surface area contributed by atoms with Crippen molar-refractivity contribution in [3.8, 4) is 16.9 Å². The Bertz CT molecular complexity index is 1070. The van der Waals surface area contributed by atoms with E-state index in [1.54, 1.807) is 0 Å². The summed E-state index contributed by atoms with van der Waals surface area (Å²) in [5, 5.41) is 12.7. The predicted molar refractivity (Wildman–Crippen MR) is 111 cm³/mol. The molecule has 1 amide bonds. The van der Waals surface area contributed by atoms with Gasteiger partial charge in [0.2, 0.25) is 0 Å². The molecule has 0 fully saturated rings. The second-order valence-corrected chi connectivity index (χ2v) is 7.34. The molecular formula is C24H20F3NO4. The topological polar surface area (TPSA) is 67.8 Å². The van der Waals surface area contributed by atoms with Gasteiger partial charge in [-0.15, -0.1) is 13.2 Å². The number of aliphatic hydroxyl groups excluding tert-OH is 1. The maximum atomic E-state index is 12.4. The highest BCUT2D eigenvalue weighted by atomic mass is 19.4. The van der Waals surface area contributed by atoms with E-state index in [0.29, 0.717) is 0 Å². The molecule has 0 aliphatic heterocycles. The Morgan fingerprint density at radius 1 is 0.969 bits per heavy atom. The molecule has 1 unspecified atom stereocenters. The van der Waals surface area contributed by atoms with Crippen molar-refractivity contribution in [3.63, 3.8) is 0 Å². The van der Waals surface area contributed by atoms with Crippen molar-refractivity contribution in [1.29, 1.82) is 0 Å². The van der Waals surface area contributed by atoms with E-state index in [1.165, 1.54) is 12.1 Å². The summed E-state index contributed by atoms with van der Waals surface area (Å²) in [6.45, 7) is -0.114. The molecule has 0 heterocycles. The van der Waals surface area contributed by atoms with Crippen molar-refractivity contribution in [1.82, 2.24) is 5.32 Å². The van der Waals surface area contributed by atoms with Gasteiger partial charge in [0.15, 0.2) is 0 Å². The number of nitrogens with one attached hydrogen (secondary N) is 1. The molecule has 0 saturated carbocycles. The first-order chi connectivity index (χ1) is 15.3. The van der Waals surface area contributed by atoms with E-state index in [4.69, 9.17) is 4.74 Å². The van der Waals surface area contributed by atoms with Gasteiger partial charge in [0.25, 0.3) is 0 Å². The number of carbonyl (C=O) groups is 1. The molecule has 1 aliphatic carbocycles. The smallest absolute Gasteiger partial charge is 0.449 e. The summed E-state index contributed by atoms with van der Waals surface area (Å²) in [7, 11) is 0. The Morgan fingerprint density at radius 3 is 2.22 bits per heavy atom. The van der Waals surface area contributed by atoms with E-state index < -0.39 is 24.3 Å². The van der Waals surface area contributed by atoms with Gasteiger partial charge in [-0.25, -0.2) is 4.79 Å². The highest BCUT2D eigenvalue weighted by molar-refractivity contribution is 5.79. The minimum atomic E-state index is -4.83. The standard InChI is InChI=1S/C24H20F3NO4/c25-24(26,27)32-16-7-5-6-15(12-16)22(29)13-28-23(30)31-14-21-19-10-3-1-8-17(19)18-9-2-4-11-20(18)21/h1-12,21-22,29H,13-14H2,(H,28,30). The third-order valence-electron chi connectivity index (χ3n) is 5.26. The van der Waals surface area contributed by atoms with Crippen molar-refractivity contribution in [3.05, 3.63) is 89.5 Å². The zero-order valence-corrected chi connectivity index (χ0v) is 16.8. The van der Waals surface area contributed by atoms with Crippen molar-refractivity contribution >= 4 is 6.09 Å². The van der Waals surface area contributed by atoms with Crippen LogP contribution in [-0.4, -0.2) is 30.7 Å². The first-order valence-corrected chi connectivity index (χ1v) is 9.94. The fourth-order valence-corrected chi connectivity index (χ4v) is 3.87. The number of amides is 1. The molecule has 166 valence electrons. The molecule has 0 saturated heterocycles. The van der Waals surface area contributed by atoms with Crippen molar-refractivity contribution in [2.24, 2.45) is 0 Å². The Labute approximate surface area is 182 Å². The summed E-state index contributed by atoms with van der Waals surface area (Å²) in [4.78, 5) is 12.2. The van der Waals surface area contributed by atoms with Crippen LogP contribution in [0.5, 0.6) is 5.75 Å². The molecule has 3 aromatic carbocycles. The van der Waals surface area contributed by atoms with Gasteiger partial charge in [-0.3, -0.25) is 0 Å². The van der Waals surface area contributed by atoms with Gasteiger partial charge < -0.3 is 19.9 Å². The number of halogens is 3. The van der Waals surface area contributed by atoms with Gasteiger partial charge in [0, 0.05) is 5.92 Å². The summed E-state index contributed by atoms with van der Waals surface area (Å²) in [6, 6.07) is 20.8. The maximum absolute atomic E-state index is 12.4. The minimum absolute atomic E-state index is 0.103. The monoisotopic (exact) mass is 443 g/mol. The van der Waals surface area contributed by atoms with Gasteiger partial charge in [-0.05, 0) is 39.9 Å². The molecule has 0 aromatic heterocycles. The maximum Gasteiger partial charge on any atom is 0.573 e. The normalized spacial score (nSPS) is 13.8. The Morgan fingerprint density at radius 2 is 1.59 bits per heavy atom. The number of fused-ring (bicyclic) bond motifs is 3. The van der Waals surface area contributed by atoms with Crippen LogP contribution in [0.4, 0.5) is 18.0 Å². The Hall–Kier alpha value is -3.52. The fraction of sp³-hybridized carbons (Fsp3) is 0.208. The molecule has 4 rings (SSSR count). The summed E-state index contributed by atoms with van der Waals surface area (Å²) in [5.41, 5.74) is 4.53. The van der Waals surface area contributed by atoms with Crippen LogP contribution in [0.25, 0.3) is 11.1 Å². The van der Waals surface area contributed by atoms with Crippen LogP contribution in [0, 0.1) is 0 Å². The Balaban J connectivity index is 1.34. The first kappa shape index (κ1) is 21.7. The molecule has 1 aliphatic rings. The zero-order chi connectivity index (χ0) is 22.7. The average Bonchev–Trinajstić information content (AvgIpc) is 3.09. The van der Waals surface area contributed by atoms with E-state index in [9.17, 15) is 23.1 Å². The first-order valence-electron chi connectivity index (χ1n) is 9.94. The van der Waals surface area contributed by atoms with Crippen LogP contribution in [-0.2, 0) is 4.74 Å². The average molecular weight is 443 g/mol. The number of alkyl halides is 3. The quantitative estimate of drug-likeness (QED) is 0.553. The number of hydrogen-bond acceptors (Lipinski definition) is 4. The van der Waals surface area contributed by atoms with Gasteiger partial charge in [0.05, 0.1) is 12.6 Å². The molecule has 2 N–H and O–H groups in total. The molecular weight excluding hydrogens is 423 g/mol. The minimum Gasteiger partial charge on any atom is -0.449 e.